The van der Waals surface area contributed by atoms with Crippen molar-refractivity contribution in [2.75, 3.05) is 0 Å². The third-order valence-electron chi connectivity index (χ3n) is 2.32. The second-order valence-electron chi connectivity index (χ2n) is 3.60. The average molecular weight is 210 g/mol. The normalized spacial score (nSPS) is 10.8. The van der Waals surface area contributed by atoms with Gasteiger partial charge in [-0.05, 0) is 17.7 Å². The SMILES string of the molecule is N=c1ccn(C/C=C\c2ccccc2)cc1. The van der Waals surface area contributed by atoms with Crippen molar-refractivity contribution in [2.24, 2.45) is 0 Å². The predicted octanol–water partition coefficient (Wildman–Crippen LogP) is 2.68. The highest BCUT2D eigenvalue weighted by Gasteiger charge is 1.85. The summed E-state index contributed by atoms with van der Waals surface area (Å²) in [4.78, 5) is 0. The maximum atomic E-state index is 7.37. The van der Waals surface area contributed by atoms with E-state index in [1.54, 1.807) is 12.1 Å². The molecule has 2 nitrogen and oxygen atoms in total. The molecular weight excluding hydrogens is 196 g/mol. The third kappa shape index (κ3) is 2.95. The molecule has 2 heteroatoms. The molecule has 0 spiro atoms. The van der Waals surface area contributed by atoms with Gasteiger partial charge in [-0.3, -0.25) is 0 Å². The number of hydrogen-bond donors (Lipinski definition) is 1. The summed E-state index contributed by atoms with van der Waals surface area (Å²) in [6.45, 7) is 0.829. The molecule has 0 atom stereocenters. The highest BCUT2D eigenvalue weighted by Crippen LogP contribution is 2.01. The predicted molar refractivity (Wildman–Crippen MR) is 65.8 cm³/mol. The summed E-state index contributed by atoms with van der Waals surface area (Å²) in [5.41, 5.74) is 1.21. The minimum atomic E-state index is 0.545. The molecular formula is C14H14N2. The standard InChI is InChI=1S/C14H14N2/c15-14-8-11-16(12-9-14)10-4-7-13-5-2-1-3-6-13/h1-9,11-12,15H,10H2/b7-4-. The van der Waals surface area contributed by atoms with E-state index in [2.05, 4.69) is 24.3 Å². The van der Waals surface area contributed by atoms with Crippen LogP contribution >= 0.6 is 0 Å². The zero-order valence-electron chi connectivity index (χ0n) is 9.01. The molecule has 1 heterocycles. The quantitative estimate of drug-likeness (QED) is 0.807. The summed E-state index contributed by atoms with van der Waals surface area (Å²) in [6.07, 6.45) is 8.04. The number of pyridine rings is 1. The van der Waals surface area contributed by atoms with E-state index < -0.39 is 0 Å². The molecule has 0 aliphatic heterocycles. The van der Waals surface area contributed by atoms with Gasteiger partial charge in [-0.25, -0.2) is 0 Å². The fourth-order valence-corrected chi connectivity index (χ4v) is 1.45. The first-order chi connectivity index (χ1) is 7.84. The van der Waals surface area contributed by atoms with Crippen LogP contribution in [0.4, 0.5) is 0 Å². The summed E-state index contributed by atoms with van der Waals surface area (Å²) in [6, 6.07) is 13.8. The fraction of sp³-hybridized carbons (Fsp3) is 0.0714. The molecule has 0 bridgehead atoms. The van der Waals surface area contributed by atoms with Crippen LogP contribution < -0.4 is 5.36 Å². The van der Waals surface area contributed by atoms with Crippen molar-refractivity contribution in [1.29, 1.82) is 5.41 Å². The van der Waals surface area contributed by atoms with Gasteiger partial charge in [0.25, 0.3) is 0 Å². The second-order valence-corrected chi connectivity index (χ2v) is 3.60. The minimum absolute atomic E-state index is 0.545. The monoisotopic (exact) mass is 210 g/mol. The highest BCUT2D eigenvalue weighted by atomic mass is 14.9. The maximum Gasteiger partial charge on any atom is 0.0568 e. The van der Waals surface area contributed by atoms with E-state index in [4.69, 9.17) is 5.41 Å². The van der Waals surface area contributed by atoms with Crippen molar-refractivity contribution >= 4 is 6.08 Å². The second kappa shape index (κ2) is 5.12. The molecule has 0 radical (unpaired) electrons. The van der Waals surface area contributed by atoms with Crippen molar-refractivity contribution in [1.82, 2.24) is 4.57 Å². The third-order valence-corrected chi connectivity index (χ3v) is 2.32. The smallest absolute Gasteiger partial charge is 0.0568 e. The summed E-state index contributed by atoms with van der Waals surface area (Å²) < 4.78 is 2.04. The number of nitrogens with one attached hydrogen (secondary N) is 1. The lowest BCUT2D eigenvalue weighted by Crippen LogP contribution is -2.02. The maximum absolute atomic E-state index is 7.37. The Morgan fingerprint density at radius 2 is 1.69 bits per heavy atom. The molecule has 0 aliphatic carbocycles. The van der Waals surface area contributed by atoms with Crippen LogP contribution in [0.1, 0.15) is 5.56 Å². The van der Waals surface area contributed by atoms with E-state index in [1.807, 2.05) is 35.2 Å². The Labute approximate surface area is 95.0 Å². The van der Waals surface area contributed by atoms with Crippen LogP contribution in [0.15, 0.2) is 60.9 Å². The van der Waals surface area contributed by atoms with Gasteiger partial charge in [0.1, 0.15) is 0 Å². The molecule has 80 valence electrons. The molecule has 0 saturated heterocycles. The summed E-state index contributed by atoms with van der Waals surface area (Å²) in [7, 11) is 0. The summed E-state index contributed by atoms with van der Waals surface area (Å²) in [5, 5.41) is 7.92. The molecule has 0 amide bonds. The van der Waals surface area contributed by atoms with E-state index in [-0.39, 0.29) is 0 Å². The van der Waals surface area contributed by atoms with Crippen LogP contribution in [0.5, 0.6) is 0 Å². The molecule has 1 N–H and O–H groups in total. The lowest BCUT2D eigenvalue weighted by Gasteiger charge is -2.00. The highest BCUT2D eigenvalue weighted by molar-refractivity contribution is 5.48. The molecule has 0 saturated carbocycles. The number of rotatable bonds is 3. The van der Waals surface area contributed by atoms with Gasteiger partial charge in [0, 0.05) is 18.9 Å². The number of benzene rings is 1. The molecule has 0 aliphatic rings. The van der Waals surface area contributed by atoms with Crippen LogP contribution in [0.25, 0.3) is 6.08 Å². The van der Waals surface area contributed by atoms with Crippen LogP contribution in [0.2, 0.25) is 0 Å². The Bertz CT molecular complexity index is 503. The minimum Gasteiger partial charge on any atom is -0.350 e. The lowest BCUT2D eigenvalue weighted by molar-refractivity contribution is 0.810. The van der Waals surface area contributed by atoms with E-state index in [1.165, 1.54) is 5.56 Å². The Kier molecular flexibility index (Phi) is 3.34. The van der Waals surface area contributed by atoms with E-state index in [0.29, 0.717) is 5.36 Å². The summed E-state index contributed by atoms with van der Waals surface area (Å²) >= 11 is 0. The van der Waals surface area contributed by atoms with Crippen molar-refractivity contribution in [2.45, 2.75) is 6.54 Å². The van der Waals surface area contributed by atoms with Gasteiger partial charge in [-0.1, -0.05) is 42.5 Å². The first kappa shape index (κ1) is 10.4. The topological polar surface area (TPSA) is 28.8 Å². The molecule has 2 aromatic rings. The Balaban J connectivity index is 2.00. The van der Waals surface area contributed by atoms with E-state index >= 15 is 0 Å². The van der Waals surface area contributed by atoms with Crippen LogP contribution in [-0.2, 0) is 6.54 Å². The molecule has 16 heavy (non-hydrogen) atoms. The Morgan fingerprint density at radius 1 is 1.00 bits per heavy atom. The molecule has 2 rings (SSSR count). The van der Waals surface area contributed by atoms with Gasteiger partial charge in [-0.15, -0.1) is 0 Å². The molecule has 0 unspecified atom stereocenters. The van der Waals surface area contributed by atoms with Gasteiger partial charge in [0.2, 0.25) is 0 Å². The van der Waals surface area contributed by atoms with Gasteiger partial charge in [-0.2, -0.15) is 0 Å². The zero-order chi connectivity index (χ0) is 11.2. The van der Waals surface area contributed by atoms with Gasteiger partial charge in [0.15, 0.2) is 0 Å². The van der Waals surface area contributed by atoms with E-state index in [9.17, 15) is 0 Å². The van der Waals surface area contributed by atoms with Crippen LogP contribution in [0, 0.1) is 5.41 Å². The largest absolute Gasteiger partial charge is 0.350 e. The van der Waals surface area contributed by atoms with Crippen LogP contribution in [-0.4, -0.2) is 4.57 Å². The molecule has 1 aromatic carbocycles. The van der Waals surface area contributed by atoms with Crippen molar-refractivity contribution in [3.8, 4) is 0 Å². The van der Waals surface area contributed by atoms with Gasteiger partial charge in [0.05, 0.1) is 5.36 Å². The first-order valence-corrected chi connectivity index (χ1v) is 5.27. The first-order valence-electron chi connectivity index (χ1n) is 5.27. The fourth-order valence-electron chi connectivity index (χ4n) is 1.45. The molecule has 1 aromatic heterocycles. The summed E-state index contributed by atoms with van der Waals surface area (Å²) in [5.74, 6) is 0. The van der Waals surface area contributed by atoms with Gasteiger partial charge >= 0.3 is 0 Å². The Morgan fingerprint density at radius 3 is 2.38 bits per heavy atom. The van der Waals surface area contributed by atoms with E-state index in [0.717, 1.165) is 6.54 Å². The Hall–Kier alpha value is -2.09. The van der Waals surface area contributed by atoms with Crippen molar-refractivity contribution < 1.29 is 0 Å². The van der Waals surface area contributed by atoms with Crippen molar-refractivity contribution in [3.63, 3.8) is 0 Å². The number of aromatic nitrogens is 1. The van der Waals surface area contributed by atoms with Crippen LogP contribution in [0.3, 0.4) is 0 Å². The number of allylic oxidation sites excluding steroid dienone is 1. The number of hydrogen-bond acceptors (Lipinski definition) is 1. The molecule has 0 fully saturated rings. The average Bonchev–Trinajstić information content (AvgIpc) is 2.33. The van der Waals surface area contributed by atoms with Gasteiger partial charge < -0.3 is 9.98 Å². The zero-order valence-corrected chi connectivity index (χ0v) is 9.01. The number of nitrogens with zero attached hydrogens (tertiary/aromatic N) is 1. The van der Waals surface area contributed by atoms with Crippen molar-refractivity contribution in [3.05, 3.63) is 71.9 Å². The lowest BCUT2D eigenvalue weighted by atomic mass is 10.2.